The number of pyridine rings is 1. The van der Waals surface area contributed by atoms with Crippen molar-refractivity contribution in [1.29, 1.82) is 0 Å². The van der Waals surface area contributed by atoms with Crippen LogP contribution in [0.4, 0.5) is 5.69 Å². The smallest absolute Gasteiger partial charge is 0.230 e. The fourth-order valence-electron chi connectivity index (χ4n) is 2.07. The van der Waals surface area contributed by atoms with Gasteiger partial charge in [0.05, 0.1) is 12.0 Å². The van der Waals surface area contributed by atoms with Crippen molar-refractivity contribution in [3.63, 3.8) is 0 Å². The van der Waals surface area contributed by atoms with Gasteiger partial charge in [0.1, 0.15) is 5.15 Å². The molecule has 1 amide bonds. The van der Waals surface area contributed by atoms with Crippen LogP contribution in [0, 0.1) is 5.92 Å². The third-order valence-electron chi connectivity index (χ3n) is 2.94. The molecule has 17 heavy (non-hydrogen) atoms. The van der Waals surface area contributed by atoms with E-state index >= 15 is 0 Å². The first-order valence-corrected chi connectivity index (χ1v) is 6.12. The fourth-order valence-corrected chi connectivity index (χ4v) is 2.24. The summed E-state index contributed by atoms with van der Waals surface area (Å²) in [4.78, 5) is 15.9. The van der Waals surface area contributed by atoms with Gasteiger partial charge in [0.15, 0.2) is 0 Å². The van der Waals surface area contributed by atoms with Crippen LogP contribution in [-0.4, -0.2) is 23.6 Å². The number of ether oxygens (including phenoxy) is 1. The van der Waals surface area contributed by atoms with Gasteiger partial charge in [-0.15, -0.1) is 0 Å². The number of halogens is 1. The number of amides is 1. The van der Waals surface area contributed by atoms with E-state index in [1.54, 1.807) is 18.3 Å². The Morgan fingerprint density at radius 1 is 1.71 bits per heavy atom. The number of hydrogen-bond donors (Lipinski definition) is 1. The third kappa shape index (κ3) is 2.96. The summed E-state index contributed by atoms with van der Waals surface area (Å²) in [6.45, 7) is 2.69. The summed E-state index contributed by atoms with van der Waals surface area (Å²) in [5.74, 6) is -0.0662. The highest BCUT2D eigenvalue weighted by atomic mass is 35.5. The highest BCUT2D eigenvalue weighted by Gasteiger charge is 2.32. The lowest BCUT2D eigenvalue weighted by Gasteiger charge is -2.16. The minimum absolute atomic E-state index is 0.00313. The molecular formula is C12H15ClN2O2. The third-order valence-corrected chi connectivity index (χ3v) is 3.15. The average molecular weight is 255 g/mol. The molecule has 0 radical (unpaired) electrons. The van der Waals surface area contributed by atoms with E-state index in [0.29, 0.717) is 17.4 Å². The molecule has 1 aliphatic heterocycles. The number of anilines is 1. The molecule has 1 fully saturated rings. The van der Waals surface area contributed by atoms with Crippen LogP contribution in [-0.2, 0) is 9.53 Å². The largest absolute Gasteiger partial charge is 0.377 e. The predicted molar refractivity (Wildman–Crippen MR) is 66.0 cm³/mol. The van der Waals surface area contributed by atoms with Crippen molar-refractivity contribution >= 4 is 23.2 Å². The maximum Gasteiger partial charge on any atom is 0.230 e. The molecule has 1 aromatic heterocycles. The molecule has 1 saturated heterocycles. The fraction of sp³-hybridized carbons (Fsp3) is 0.500. The Bertz CT molecular complexity index is 411. The zero-order valence-corrected chi connectivity index (χ0v) is 10.4. The van der Waals surface area contributed by atoms with Crippen LogP contribution in [0.3, 0.4) is 0 Å². The van der Waals surface area contributed by atoms with E-state index in [2.05, 4.69) is 10.3 Å². The molecule has 2 unspecified atom stereocenters. The Hall–Kier alpha value is -1.13. The Kier molecular flexibility index (Phi) is 3.97. The summed E-state index contributed by atoms with van der Waals surface area (Å²) in [6.07, 6.45) is 3.24. The van der Waals surface area contributed by atoms with E-state index in [1.165, 1.54) is 0 Å². The Morgan fingerprint density at radius 3 is 3.24 bits per heavy atom. The first-order valence-electron chi connectivity index (χ1n) is 5.74. The number of hydrogen-bond acceptors (Lipinski definition) is 3. The van der Waals surface area contributed by atoms with Gasteiger partial charge in [-0.25, -0.2) is 4.98 Å². The number of aromatic nitrogens is 1. The Labute approximate surface area is 105 Å². The minimum Gasteiger partial charge on any atom is -0.377 e. The zero-order valence-electron chi connectivity index (χ0n) is 9.65. The highest BCUT2D eigenvalue weighted by Crippen LogP contribution is 2.25. The lowest BCUT2D eigenvalue weighted by molar-refractivity contribution is -0.121. The molecule has 1 aromatic rings. The van der Waals surface area contributed by atoms with E-state index in [4.69, 9.17) is 16.3 Å². The van der Waals surface area contributed by atoms with E-state index < -0.39 is 0 Å². The summed E-state index contributed by atoms with van der Waals surface area (Å²) < 4.78 is 5.50. The molecule has 1 aliphatic rings. The molecule has 5 heteroatoms. The molecule has 0 aromatic carbocycles. The van der Waals surface area contributed by atoms with Crippen LogP contribution in [0.15, 0.2) is 18.3 Å². The zero-order chi connectivity index (χ0) is 12.3. The van der Waals surface area contributed by atoms with Gasteiger partial charge < -0.3 is 10.1 Å². The Morgan fingerprint density at radius 2 is 2.53 bits per heavy atom. The molecular weight excluding hydrogens is 240 g/mol. The van der Waals surface area contributed by atoms with Crippen LogP contribution in [0.1, 0.15) is 19.8 Å². The lowest BCUT2D eigenvalue weighted by Crippen LogP contribution is -2.29. The van der Waals surface area contributed by atoms with Gasteiger partial charge in [-0.3, -0.25) is 4.79 Å². The molecule has 92 valence electrons. The second-order valence-corrected chi connectivity index (χ2v) is 4.46. The molecule has 2 atom stereocenters. The summed E-state index contributed by atoms with van der Waals surface area (Å²) in [6, 6.07) is 3.36. The van der Waals surface area contributed by atoms with Gasteiger partial charge in [-0.1, -0.05) is 18.5 Å². The highest BCUT2D eigenvalue weighted by molar-refractivity contribution is 6.29. The number of nitrogens with zero attached hydrogens (tertiary/aromatic N) is 1. The number of nitrogens with one attached hydrogen (secondary N) is 1. The van der Waals surface area contributed by atoms with Crippen molar-refractivity contribution < 1.29 is 9.53 Å². The monoisotopic (exact) mass is 254 g/mol. The van der Waals surface area contributed by atoms with Crippen molar-refractivity contribution in [2.75, 3.05) is 11.9 Å². The van der Waals surface area contributed by atoms with Gasteiger partial charge in [0.2, 0.25) is 5.91 Å². The lowest BCUT2D eigenvalue weighted by atomic mass is 9.98. The molecule has 0 spiro atoms. The van der Waals surface area contributed by atoms with Crippen molar-refractivity contribution in [2.45, 2.75) is 25.9 Å². The maximum absolute atomic E-state index is 12.0. The van der Waals surface area contributed by atoms with Crippen molar-refractivity contribution in [3.8, 4) is 0 Å². The number of carbonyl (C=O) groups excluding carboxylic acids is 1. The molecule has 1 N–H and O–H groups in total. The van der Waals surface area contributed by atoms with Crippen LogP contribution >= 0.6 is 11.6 Å². The minimum atomic E-state index is -0.0630. The summed E-state index contributed by atoms with van der Waals surface area (Å²) >= 11 is 5.76. The number of carbonyl (C=O) groups is 1. The summed E-state index contributed by atoms with van der Waals surface area (Å²) in [5.41, 5.74) is 0.678. The normalized spacial score (nSPS) is 23.6. The average Bonchev–Trinajstić information content (AvgIpc) is 2.77. The predicted octanol–water partition coefficient (Wildman–Crippen LogP) is 2.49. The molecule has 0 saturated carbocycles. The topological polar surface area (TPSA) is 51.2 Å². The van der Waals surface area contributed by atoms with Gasteiger partial charge in [-0.05, 0) is 25.0 Å². The quantitative estimate of drug-likeness (QED) is 0.843. The first kappa shape index (κ1) is 12.3. The summed E-state index contributed by atoms with van der Waals surface area (Å²) in [5, 5.41) is 3.22. The van der Waals surface area contributed by atoms with E-state index in [0.717, 1.165) is 12.8 Å². The second-order valence-electron chi connectivity index (χ2n) is 4.07. The maximum atomic E-state index is 12.0. The SMILES string of the molecule is CCC1OCCC1C(=O)Nc1ccnc(Cl)c1. The molecule has 0 aliphatic carbocycles. The summed E-state index contributed by atoms with van der Waals surface area (Å²) in [7, 11) is 0. The molecule has 4 nitrogen and oxygen atoms in total. The van der Waals surface area contributed by atoms with Crippen molar-refractivity contribution in [2.24, 2.45) is 5.92 Å². The number of rotatable bonds is 3. The van der Waals surface area contributed by atoms with Gasteiger partial charge in [-0.2, -0.15) is 0 Å². The standard InChI is InChI=1S/C12H15ClN2O2/c1-2-10-9(4-6-17-10)12(16)15-8-3-5-14-11(13)7-8/h3,5,7,9-10H,2,4,6H2,1H3,(H,14,15,16). The van der Waals surface area contributed by atoms with Crippen LogP contribution < -0.4 is 5.32 Å². The van der Waals surface area contributed by atoms with Gasteiger partial charge in [0, 0.05) is 18.5 Å². The van der Waals surface area contributed by atoms with Crippen LogP contribution in [0.5, 0.6) is 0 Å². The van der Waals surface area contributed by atoms with Gasteiger partial charge in [0.25, 0.3) is 0 Å². The van der Waals surface area contributed by atoms with E-state index in [-0.39, 0.29) is 17.9 Å². The van der Waals surface area contributed by atoms with E-state index in [9.17, 15) is 4.79 Å². The molecule has 2 rings (SSSR count). The van der Waals surface area contributed by atoms with E-state index in [1.807, 2.05) is 6.92 Å². The second kappa shape index (κ2) is 5.47. The van der Waals surface area contributed by atoms with Crippen molar-refractivity contribution in [1.82, 2.24) is 4.98 Å². The van der Waals surface area contributed by atoms with Crippen LogP contribution in [0.2, 0.25) is 5.15 Å². The first-order chi connectivity index (χ1) is 8.20. The van der Waals surface area contributed by atoms with Crippen LogP contribution in [0.25, 0.3) is 0 Å². The Balaban J connectivity index is 2.01. The van der Waals surface area contributed by atoms with Crippen molar-refractivity contribution in [3.05, 3.63) is 23.5 Å². The van der Waals surface area contributed by atoms with Gasteiger partial charge >= 0.3 is 0 Å². The molecule has 0 bridgehead atoms. The molecule has 2 heterocycles.